The van der Waals surface area contributed by atoms with E-state index in [1.807, 2.05) is 17.0 Å². The number of halogens is 1. The molecule has 0 saturated carbocycles. The van der Waals surface area contributed by atoms with E-state index in [1.54, 1.807) is 29.4 Å². The molecule has 6 nitrogen and oxygen atoms in total. The highest BCUT2D eigenvalue weighted by Gasteiger charge is 2.37. The summed E-state index contributed by atoms with van der Waals surface area (Å²) >= 11 is 0. The molecule has 146 valence electrons. The van der Waals surface area contributed by atoms with Crippen LogP contribution in [0.25, 0.3) is 0 Å². The Morgan fingerprint density at radius 3 is 2.39 bits per heavy atom. The van der Waals surface area contributed by atoms with E-state index in [1.165, 1.54) is 12.1 Å². The molecule has 1 atom stereocenters. The van der Waals surface area contributed by atoms with Gasteiger partial charge in [0.15, 0.2) is 0 Å². The smallest absolute Gasteiger partial charge is 0.228 e. The number of carbonyl (C=O) groups is 2. The second-order valence-corrected chi connectivity index (χ2v) is 7.32. The van der Waals surface area contributed by atoms with Gasteiger partial charge in [-0.2, -0.15) is 0 Å². The topological polar surface area (TPSA) is 56.8 Å². The van der Waals surface area contributed by atoms with Crippen molar-refractivity contribution in [2.45, 2.75) is 13.0 Å². The summed E-state index contributed by atoms with van der Waals surface area (Å²) in [6.07, 6.45) is 3.69. The molecule has 28 heavy (non-hydrogen) atoms. The van der Waals surface area contributed by atoms with E-state index in [2.05, 4.69) is 9.88 Å². The van der Waals surface area contributed by atoms with Crippen molar-refractivity contribution in [1.29, 1.82) is 0 Å². The second-order valence-electron chi connectivity index (χ2n) is 7.32. The SMILES string of the molecule is O=C1C[C@@H](C(=O)N2CCN(c3ccc(F)cc3)CC2)CN1Cc1ccncc1. The lowest BCUT2D eigenvalue weighted by Gasteiger charge is -2.37. The lowest BCUT2D eigenvalue weighted by molar-refractivity contribution is -0.136. The summed E-state index contributed by atoms with van der Waals surface area (Å²) in [7, 11) is 0. The highest BCUT2D eigenvalue weighted by molar-refractivity contribution is 5.89. The van der Waals surface area contributed by atoms with Crippen molar-refractivity contribution in [3.8, 4) is 0 Å². The van der Waals surface area contributed by atoms with E-state index in [0.29, 0.717) is 39.3 Å². The molecule has 2 saturated heterocycles. The molecule has 2 amide bonds. The Balaban J connectivity index is 1.31. The van der Waals surface area contributed by atoms with Crippen LogP contribution in [0.2, 0.25) is 0 Å². The van der Waals surface area contributed by atoms with Gasteiger partial charge in [-0.25, -0.2) is 4.39 Å². The number of piperazine rings is 1. The standard InChI is InChI=1S/C21H23FN4O2/c22-18-1-3-19(4-2-18)24-9-11-25(12-10-24)21(28)17-13-20(27)26(15-17)14-16-5-7-23-8-6-16/h1-8,17H,9-15H2/t17-/m1/s1. The summed E-state index contributed by atoms with van der Waals surface area (Å²) in [6.45, 7) is 3.63. The quantitative estimate of drug-likeness (QED) is 0.811. The van der Waals surface area contributed by atoms with Gasteiger partial charge in [0, 0.05) is 63.8 Å². The van der Waals surface area contributed by atoms with E-state index in [4.69, 9.17) is 0 Å². The molecule has 2 aromatic rings. The van der Waals surface area contributed by atoms with Crippen LogP contribution in [0.4, 0.5) is 10.1 Å². The summed E-state index contributed by atoms with van der Waals surface area (Å²) in [4.78, 5) is 35.0. The molecular formula is C21H23FN4O2. The number of amides is 2. The van der Waals surface area contributed by atoms with E-state index in [0.717, 1.165) is 11.3 Å². The van der Waals surface area contributed by atoms with Gasteiger partial charge in [-0.05, 0) is 42.0 Å². The molecule has 0 N–H and O–H groups in total. The first-order valence-electron chi connectivity index (χ1n) is 9.56. The van der Waals surface area contributed by atoms with Gasteiger partial charge in [0.2, 0.25) is 11.8 Å². The molecule has 0 spiro atoms. The predicted octanol–water partition coefficient (Wildman–Crippen LogP) is 1.92. The third-order valence-electron chi connectivity index (χ3n) is 5.47. The number of nitrogens with zero attached hydrogens (tertiary/aromatic N) is 4. The van der Waals surface area contributed by atoms with Gasteiger partial charge in [0.1, 0.15) is 5.82 Å². The number of rotatable bonds is 4. The molecule has 2 aliphatic heterocycles. The zero-order chi connectivity index (χ0) is 19.5. The summed E-state index contributed by atoms with van der Waals surface area (Å²) in [5, 5.41) is 0. The van der Waals surface area contributed by atoms with Gasteiger partial charge in [-0.3, -0.25) is 14.6 Å². The Morgan fingerprint density at radius 2 is 1.71 bits per heavy atom. The van der Waals surface area contributed by atoms with Crippen molar-refractivity contribution in [2.24, 2.45) is 5.92 Å². The first kappa shape index (κ1) is 18.4. The lowest BCUT2D eigenvalue weighted by Crippen LogP contribution is -2.50. The zero-order valence-corrected chi connectivity index (χ0v) is 15.6. The van der Waals surface area contributed by atoms with Gasteiger partial charge in [-0.15, -0.1) is 0 Å². The molecule has 2 aliphatic rings. The molecular weight excluding hydrogens is 359 g/mol. The molecule has 7 heteroatoms. The third kappa shape index (κ3) is 3.98. The minimum absolute atomic E-state index is 0.0279. The fourth-order valence-electron chi connectivity index (χ4n) is 3.89. The highest BCUT2D eigenvalue weighted by atomic mass is 19.1. The fraction of sp³-hybridized carbons (Fsp3) is 0.381. The third-order valence-corrected chi connectivity index (χ3v) is 5.47. The molecule has 2 fully saturated rings. The van der Waals surface area contributed by atoms with Gasteiger partial charge in [0.05, 0.1) is 5.92 Å². The predicted molar refractivity (Wildman–Crippen MR) is 103 cm³/mol. The average molecular weight is 382 g/mol. The maximum Gasteiger partial charge on any atom is 0.228 e. The number of anilines is 1. The van der Waals surface area contributed by atoms with E-state index in [9.17, 15) is 14.0 Å². The molecule has 4 rings (SSSR count). The minimum atomic E-state index is -0.272. The van der Waals surface area contributed by atoms with Gasteiger partial charge in [0.25, 0.3) is 0 Å². The summed E-state index contributed by atoms with van der Waals surface area (Å²) in [5.74, 6) is -0.434. The number of aromatic nitrogens is 1. The largest absolute Gasteiger partial charge is 0.368 e. The van der Waals surface area contributed by atoms with Crippen molar-refractivity contribution < 1.29 is 14.0 Å². The van der Waals surface area contributed by atoms with E-state index >= 15 is 0 Å². The van der Waals surface area contributed by atoms with Crippen LogP contribution in [-0.2, 0) is 16.1 Å². The lowest BCUT2D eigenvalue weighted by atomic mass is 10.1. The average Bonchev–Trinajstić information content (AvgIpc) is 3.09. The van der Waals surface area contributed by atoms with Gasteiger partial charge in [-0.1, -0.05) is 0 Å². The fourth-order valence-corrected chi connectivity index (χ4v) is 3.89. The number of likely N-dealkylation sites (tertiary alicyclic amines) is 1. The number of hydrogen-bond acceptors (Lipinski definition) is 4. The molecule has 3 heterocycles. The first-order valence-corrected chi connectivity index (χ1v) is 9.56. The number of pyridine rings is 1. The van der Waals surface area contributed by atoms with E-state index < -0.39 is 0 Å². The van der Waals surface area contributed by atoms with Crippen molar-refractivity contribution in [2.75, 3.05) is 37.6 Å². The van der Waals surface area contributed by atoms with Crippen LogP contribution < -0.4 is 4.90 Å². The number of carbonyl (C=O) groups excluding carboxylic acids is 2. The van der Waals surface area contributed by atoms with Crippen LogP contribution in [0, 0.1) is 11.7 Å². The monoisotopic (exact) mass is 382 g/mol. The van der Waals surface area contributed by atoms with Crippen LogP contribution in [-0.4, -0.2) is 59.3 Å². The van der Waals surface area contributed by atoms with Crippen molar-refractivity contribution in [1.82, 2.24) is 14.8 Å². The normalized spacial score (nSPS) is 20.0. The Labute approximate surface area is 163 Å². The Hall–Kier alpha value is -2.96. The maximum atomic E-state index is 13.1. The molecule has 0 bridgehead atoms. The highest BCUT2D eigenvalue weighted by Crippen LogP contribution is 2.24. The minimum Gasteiger partial charge on any atom is -0.368 e. The van der Waals surface area contributed by atoms with Crippen LogP contribution in [0.1, 0.15) is 12.0 Å². The molecule has 1 aromatic heterocycles. The van der Waals surface area contributed by atoms with Gasteiger partial charge < -0.3 is 14.7 Å². The zero-order valence-electron chi connectivity index (χ0n) is 15.6. The second kappa shape index (κ2) is 7.96. The number of benzene rings is 1. The van der Waals surface area contributed by atoms with Crippen LogP contribution >= 0.6 is 0 Å². The van der Waals surface area contributed by atoms with Gasteiger partial charge >= 0.3 is 0 Å². The molecule has 0 radical (unpaired) electrons. The van der Waals surface area contributed by atoms with Crippen LogP contribution in [0.5, 0.6) is 0 Å². The summed E-state index contributed by atoms with van der Waals surface area (Å²) in [5.41, 5.74) is 1.98. The molecule has 0 aliphatic carbocycles. The van der Waals surface area contributed by atoms with Crippen molar-refractivity contribution in [3.63, 3.8) is 0 Å². The summed E-state index contributed by atoms with van der Waals surface area (Å²) in [6, 6.07) is 10.2. The van der Waals surface area contributed by atoms with Crippen LogP contribution in [0.3, 0.4) is 0 Å². The van der Waals surface area contributed by atoms with Crippen molar-refractivity contribution in [3.05, 3.63) is 60.2 Å². The van der Waals surface area contributed by atoms with Crippen molar-refractivity contribution >= 4 is 17.5 Å². The Bertz CT molecular complexity index is 835. The summed E-state index contributed by atoms with van der Waals surface area (Å²) < 4.78 is 13.1. The van der Waals surface area contributed by atoms with E-state index in [-0.39, 0.29) is 30.0 Å². The Morgan fingerprint density at radius 1 is 1.04 bits per heavy atom. The maximum absolute atomic E-state index is 13.1. The molecule has 1 aromatic carbocycles. The number of hydrogen-bond donors (Lipinski definition) is 0. The first-order chi connectivity index (χ1) is 13.6. The molecule has 0 unspecified atom stereocenters. The Kier molecular flexibility index (Phi) is 5.23. The van der Waals surface area contributed by atoms with Crippen LogP contribution in [0.15, 0.2) is 48.8 Å².